The van der Waals surface area contributed by atoms with Crippen LogP contribution in [-0.4, -0.2) is 301 Å². The molecule has 144 heavy (non-hydrogen) atoms. The van der Waals surface area contributed by atoms with E-state index in [1.807, 2.05) is 116 Å². The summed E-state index contributed by atoms with van der Waals surface area (Å²) in [5.74, 6) is -10.1. The summed E-state index contributed by atoms with van der Waals surface area (Å²) in [6.07, 6.45) is -15.8. The lowest BCUT2D eigenvalue weighted by Gasteiger charge is -2.58. The molecule has 6 aliphatic heterocycles. The number of hydrogen-bond donors (Lipinski definition) is 16. The second kappa shape index (κ2) is 49.8. The molecule has 30 atom stereocenters. The van der Waals surface area contributed by atoms with E-state index in [1.165, 1.54) is 72.7 Å². The third kappa shape index (κ3) is 26.8. The number of aliphatic hydroxyl groups excluding tert-OH is 6. The summed E-state index contributed by atoms with van der Waals surface area (Å²) < 4.78 is 112. The molecule has 792 valence electrons. The van der Waals surface area contributed by atoms with Crippen molar-refractivity contribution in [2.24, 2.45) is 17.8 Å². The van der Waals surface area contributed by atoms with Gasteiger partial charge < -0.3 is 143 Å². The van der Waals surface area contributed by atoms with E-state index in [0.717, 1.165) is 28.5 Å². The highest BCUT2D eigenvalue weighted by atomic mass is 31.2. The lowest BCUT2D eigenvalue weighted by Crippen LogP contribution is -2.77. The van der Waals surface area contributed by atoms with Gasteiger partial charge in [-0.15, -0.1) is 0 Å². The number of phosphoric ester groups is 2. The van der Waals surface area contributed by atoms with Gasteiger partial charge in [-0.1, -0.05) is 164 Å². The fourth-order valence-corrected chi connectivity index (χ4v) is 21.0. The van der Waals surface area contributed by atoms with E-state index in [2.05, 4.69) is 40.7 Å². The molecular weight excluding hydrogens is 1920 g/mol. The first kappa shape index (κ1) is 115. The summed E-state index contributed by atoms with van der Waals surface area (Å²) in [6, 6.07) is 39.2. The van der Waals surface area contributed by atoms with Crippen molar-refractivity contribution >= 4 is 45.6 Å². The monoisotopic (exact) mass is 2060 g/mol. The Kier molecular flexibility index (Phi) is 39.6. The Balaban J connectivity index is 0.000000211. The Morgan fingerprint density at radius 1 is 0.417 bits per heavy atom. The van der Waals surface area contributed by atoms with Crippen molar-refractivity contribution < 1.29 is 164 Å². The van der Waals surface area contributed by atoms with Gasteiger partial charge in [0.05, 0.1) is 142 Å². The van der Waals surface area contributed by atoms with Gasteiger partial charge in [0.25, 0.3) is 0 Å². The third-order valence-electron chi connectivity index (χ3n) is 26.8. The highest BCUT2D eigenvalue weighted by Gasteiger charge is 2.69. The topological polar surface area (TPSA) is 594 Å². The summed E-state index contributed by atoms with van der Waals surface area (Å²) >= 11 is 0. The molecule has 9 fully saturated rings. The highest BCUT2D eigenvalue weighted by molar-refractivity contribution is 7.48. The minimum absolute atomic E-state index is 0. The fourth-order valence-electron chi connectivity index (χ4n) is 19.5. The van der Waals surface area contributed by atoms with E-state index in [9.17, 15) is 84.2 Å². The Labute approximate surface area is 835 Å². The number of nitrogens with zero attached hydrogens (tertiary/aromatic N) is 5. The number of rotatable bonds is 29. The van der Waals surface area contributed by atoms with Crippen LogP contribution >= 0.6 is 15.6 Å². The number of fused-ring (bicyclic) bond motifs is 6. The summed E-state index contributed by atoms with van der Waals surface area (Å²) in [7, 11) is -4.37. The maximum absolute atomic E-state index is 13.8. The number of carbonyl (C=O) groups is 5. The first-order valence-corrected chi connectivity index (χ1v) is 49.8. The maximum atomic E-state index is 13.8. The van der Waals surface area contributed by atoms with Crippen molar-refractivity contribution in [3.05, 3.63) is 216 Å². The first-order chi connectivity index (χ1) is 67.2. The summed E-state index contributed by atoms with van der Waals surface area (Å²) in [4.78, 5) is 98.6. The summed E-state index contributed by atoms with van der Waals surface area (Å²) in [5.41, 5.74) is 4.07. The molecule has 43 nitrogen and oxygen atoms in total. The number of nitrogens with one attached hydrogen (secondary N) is 4. The van der Waals surface area contributed by atoms with Crippen LogP contribution in [0.1, 0.15) is 142 Å². The SMILES string of the molecule is C.C.C.CC[C@@H]1[C@H](O)[C@H](NC)[C@H]2O[C@]3(O)[C@H](O[C@@H]2[C@H]1O)O[C@H](C)C[C@H]3NC(=O)Cc1ccc(OP(=O)(O)O)cn1.CC[C@H]1[C@H](O)[C@H]2O[C@@H]3O[C@H](C)C[C@@H](NC(=O)Cc4ccc(O)cn4)[C@]3(O)O[C@@H]2[C@@H](N(C)C(=O)OCc2ccccc2)[C@H]1O.CC[C@H]1[C@H](O)[C@H]2O[C@@H]3O[C@H](C)C[C@@H](NC(=O)Cc4ccc(OP(=O)(OCc5ccccc5)OCc5ccccc5)cn4)[C@]3(O)O[C@@H]2[C@@H](N(C)C(=O)OCc2ccccc2)[C@H]1O. The van der Waals surface area contributed by atoms with Gasteiger partial charge in [0.1, 0.15) is 67.1 Å². The minimum atomic E-state index is -4.73. The van der Waals surface area contributed by atoms with Gasteiger partial charge >= 0.3 is 27.8 Å². The fraction of sp³-hybridized carbons (Fsp3) is 0.556. The number of aromatic hydroxyl groups is 1. The molecule has 7 aromatic rings. The Bertz CT molecular complexity index is 5340. The Hall–Kier alpha value is -9.78. The standard InChI is InChI=1S/C44H52N3O13P.C30H39N3O10.C22H34N3O11P.3CH4/c1-4-34-38(49)37(47(3)43(51)54-25-29-14-8-5-9-15-29)40-41(39(34)50)58-42-44(52,59-40)35(22-28(2)57-42)46-36(48)23-32-20-21-33(24-45-32)60-61(53,55-26-30-16-10-6-11-17-30)56-27-31-18-12-7-13-19-31;1-4-20-24(36)23(33(3)29(38)40-15-17-8-6-5-7-9-17)26-27(25(20)37)42-28-30(39,43-26)21(12-16(2)41-28)32-22(35)13-18-10-11-19(34)14-31-18;1-4-13-17(27)16(23-3)19-20(18(13)28)34-21-22(29,35-19)14(7-10(2)33-21)25-15(26)8-11-5-6-12(9-24-11)36-37(30,31)32;;;/h5-21,24,28,34-35,37-42,49-50,52H,4,22-23,25-27H2,1-3H3,(H,46,48);5-11,14,16,20-21,23-28,34,36-37,39H,4,12-13,15H2,1-3H3,(H,32,35);5-6,9-10,13-14,16-21,23,27-29H,4,7-8H2,1-3H3,(H,25,26)(H2,30,31,32);3*1H4/t28-,34-,35-,37+,38+,39+,40-,41-,42+,44+;16-,20-,21-,23+,24+,25+,26-,27-,28+,30+;10-,13-,14-,16+,17+,18+,19-,20-,21+,22+;;;/m111.../s1. The number of aliphatic hydroxyl groups is 9. The van der Waals surface area contributed by atoms with Crippen LogP contribution < -0.4 is 30.3 Å². The van der Waals surface area contributed by atoms with E-state index in [4.69, 9.17) is 75.5 Å². The molecule has 9 aliphatic rings. The molecule has 0 bridgehead atoms. The number of benzene rings is 4. The smallest absolute Gasteiger partial charge is 0.506 e. The van der Waals surface area contributed by atoms with Gasteiger partial charge in [-0.25, -0.2) is 18.7 Å². The number of hydrogen-bond acceptors (Lipinski definition) is 36. The lowest BCUT2D eigenvalue weighted by atomic mass is 9.74. The van der Waals surface area contributed by atoms with Gasteiger partial charge in [-0.2, -0.15) is 0 Å². The lowest BCUT2D eigenvalue weighted by molar-refractivity contribution is -0.452. The Morgan fingerprint density at radius 2 is 0.729 bits per heavy atom. The van der Waals surface area contributed by atoms with Gasteiger partial charge in [0, 0.05) is 48.9 Å². The quantitative estimate of drug-likeness (QED) is 0.0229. The molecule has 0 unspecified atom stereocenters. The highest BCUT2D eigenvalue weighted by Crippen LogP contribution is 2.53. The molecule has 3 aromatic heterocycles. The second-order valence-corrected chi connectivity index (χ2v) is 39.4. The van der Waals surface area contributed by atoms with Crippen LogP contribution in [0.25, 0.3) is 0 Å². The predicted molar refractivity (Wildman–Crippen MR) is 512 cm³/mol. The van der Waals surface area contributed by atoms with Crippen molar-refractivity contribution in [3.63, 3.8) is 0 Å². The molecule has 0 spiro atoms. The molecule has 16 rings (SSSR count). The van der Waals surface area contributed by atoms with E-state index in [-0.39, 0.29) is 104 Å². The molecule has 9 heterocycles. The normalized spacial score (nSPS) is 32.8. The molecule has 45 heteroatoms. The number of likely N-dealkylation sites (N-methyl/N-ethyl adjacent to an activating group) is 3. The van der Waals surface area contributed by atoms with Crippen molar-refractivity contribution in [1.29, 1.82) is 0 Å². The average molecular weight is 2060 g/mol. The van der Waals surface area contributed by atoms with Crippen LogP contribution in [0.4, 0.5) is 9.59 Å². The minimum Gasteiger partial charge on any atom is -0.506 e. The number of amides is 5. The second-order valence-electron chi connectivity index (χ2n) is 36.6. The first-order valence-electron chi connectivity index (χ1n) is 46.8. The van der Waals surface area contributed by atoms with Crippen LogP contribution in [0.3, 0.4) is 0 Å². The number of carbonyl (C=O) groups excluding carboxylic acids is 5. The van der Waals surface area contributed by atoms with Crippen molar-refractivity contribution in [2.45, 2.75) is 312 Å². The van der Waals surface area contributed by atoms with Crippen molar-refractivity contribution in [3.8, 4) is 17.2 Å². The molecule has 3 aliphatic carbocycles. The van der Waals surface area contributed by atoms with E-state index in [0.29, 0.717) is 36.3 Å². The van der Waals surface area contributed by atoms with Gasteiger partial charge in [-0.05, 0) is 125 Å². The van der Waals surface area contributed by atoms with Gasteiger partial charge in [-0.3, -0.25) is 48.2 Å². The summed E-state index contributed by atoms with van der Waals surface area (Å²) in [6.45, 7) is 10.6. The number of ether oxygens (including phenoxy) is 11. The average Bonchev–Trinajstić information content (AvgIpc) is 0.731. The van der Waals surface area contributed by atoms with E-state index < -0.39 is 227 Å². The van der Waals surface area contributed by atoms with Crippen LogP contribution in [0.2, 0.25) is 0 Å². The number of pyridine rings is 3. The molecule has 5 amide bonds. The molecule has 4 aromatic carbocycles. The van der Waals surface area contributed by atoms with Crippen molar-refractivity contribution in [2.75, 3.05) is 21.1 Å². The van der Waals surface area contributed by atoms with Crippen LogP contribution in [-0.2, 0) is 130 Å². The third-order valence-corrected chi connectivity index (χ3v) is 28.5. The van der Waals surface area contributed by atoms with E-state index >= 15 is 0 Å². The van der Waals surface area contributed by atoms with Crippen molar-refractivity contribution in [1.82, 2.24) is 46.0 Å². The summed E-state index contributed by atoms with van der Waals surface area (Å²) in [5, 5.41) is 124. The molecule has 3 saturated carbocycles. The zero-order valence-electron chi connectivity index (χ0n) is 79.0. The zero-order valence-corrected chi connectivity index (χ0v) is 80.8. The predicted octanol–water partition coefficient (Wildman–Crippen LogP) is 6.30. The van der Waals surface area contributed by atoms with Gasteiger partial charge in [0.15, 0.2) is 0 Å². The van der Waals surface area contributed by atoms with Gasteiger partial charge in [0.2, 0.25) is 54.0 Å². The van der Waals surface area contributed by atoms with Crippen LogP contribution in [0, 0.1) is 17.8 Å². The molecular formula is C99H137N9O34P2. The van der Waals surface area contributed by atoms with Crippen LogP contribution in [0.15, 0.2) is 176 Å². The molecule has 6 saturated heterocycles. The van der Waals surface area contributed by atoms with Crippen LogP contribution in [0.5, 0.6) is 17.2 Å². The largest absolute Gasteiger partial charge is 0.530 e. The van der Waals surface area contributed by atoms with E-state index in [1.54, 1.807) is 53.8 Å². The molecule has 16 N–H and O–H groups in total. The zero-order chi connectivity index (χ0) is 101. The number of phosphoric acid groups is 2. The maximum Gasteiger partial charge on any atom is 0.530 e. The molecule has 0 radical (unpaired) electrons. The Morgan fingerprint density at radius 3 is 1.04 bits per heavy atom. The number of aromatic nitrogens is 3.